The van der Waals surface area contributed by atoms with Gasteiger partial charge in [0.15, 0.2) is 0 Å². The van der Waals surface area contributed by atoms with E-state index >= 15 is 0 Å². The lowest BCUT2D eigenvalue weighted by atomic mass is 10.0. The van der Waals surface area contributed by atoms with E-state index in [4.69, 9.17) is 15.9 Å². The summed E-state index contributed by atoms with van der Waals surface area (Å²) in [6.45, 7) is 0. The van der Waals surface area contributed by atoms with Crippen LogP contribution in [0.25, 0.3) is 10.9 Å². The highest BCUT2D eigenvalue weighted by Gasteiger charge is 2.32. The predicted molar refractivity (Wildman–Crippen MR) is 145 cm³/mol. The highest BCUT2D eigenvalue weighted by atomic mass is 16.4. The monoisotopic (exact) mass is 585 g/mol. The molecule has 4 atom stereocenters. The number of nitrogens with zero attached hydrogens (tertiary/aromatic N) is 1. The molecular weight excluding hydrogens is 554 g/mol. The van der Waals surface area contributed by atoms with Gasteiger partial charge in [0.05, 0.1) is 18.8 Å². The van der Waals surface area contributed by atoms with Crippen molar-refractivity contribution in [3.05, 3.63) is 54.2 Å². The van der Waals surface area contributed by atoms with Crippen LogP contribution in [-0.2, 0) is 41.6 Å². The zero-order chi connectivity index (χ0) is 30.8. The van der Waals surface area contributed by atoms with Gasteiger partial charge in [0.1, 0.15) is 18.1 Å². The smallest absolute Gasteiger partial charge is 0.326 e. The highest BCUT2D eigenvalue weighted by Crippen LogP contribution is 2.19. The summed E-state index contributed by atoms with van der Waals surface area (Å²) in [4.78, 5) is 82.9. The first kappa shape index (κ1) is 31.3. The van der Waals surface area contributed by atoms with Crippen LogP contribution in [0.5, 0.6) is 0 Å². The number of imidazole rings is 1. The molecule has 0 spiro atoms. The number of nitrogens with one attached hydrogen (secondary N) is 5. The highest BCUT2D eigenvalue weighted by molar-refractivity contribution is 5.95. The fourth-order valence-corrected chi connectivity index (χ4v) is 4.19. The molecule has 16 nitrogen and oxygen atoms in total. The van der Waals surface area contributed by atoms with Crippen LogP contribution in [0.15, 0.2) is 43.0 Å². The molecule has 224 valence electrons. The van der Waals surface area contributed by atoms with E-state index in [2.05, 4.69) is 30.9 Å². The van der Waals surface area contributed by atoms with Gasteiger partial charge in [-0.3, -0.25) is 24.0 Å². The lowest BCUT2D eigenvalue weighted by molar-refractivity contribution is -0.142. The number of aromatic nitrogens is 3. The Labute approximate surface area is 238 Å². The Balaban J connectivity index is 1.86. The molecule has 1 aromatic carbocycles. The first-order chi connectivity index (χ1) is 19.9. The number of hydrogen-bond donors (Lipinski definition) is 9. The van der Waals surface area contributed by atoms with E-state index in [1.807, 2.05) is 0 Å². The van der Waals surface area contributed by atoms with Gasteiger partial charge in [0.2, 0.25) is 17.7 Å². The zero-order valence-electron chi connectivity index (χ0n) is 22.2. The molecule has 3 rings (SSSR count). The molecule has 3 aromatic rings. The number of fused-ring (bicyclic) bond motifs is 1. The van der Waals surface area contributed by atoms with Crippen LogP contribution < -0.4 is 21.7 Å². The molecule has 0 aliphatic carbocycles. The number of H-pyrrole nitrogens is 2. The summed E-state index contributed by atoms with van der Waals surface area (Å²) in [7, 11) is 0. The van der Waals surface area contributed by atoms with Crippen LogP contribution in [0.2, 0.25) is 0 Å². The number of carboxylic acids is 3. The summed E-state index contributed by atoms with van der Waals surface area (Å²) in [6, 6.07) is 1.39. The molecule has 0 fully saturated rings. The van der Waals surface area contributed by atoms with E-state index < -0.39 is 79.1 Å². The number of carbonyl (C=O) groups excluding carboxylic acids is 3. The van der Waals surface area contributed by atoms with Gasteiger partial charge in [-0.15, -0.1) is 0 Å². The molecule has 10 N–H and O–H groups in total. The third kappa shape index (κ3) is 8.88. The van der Waals surface area contributed by atoms with Gasteiger partial charge in [0, 0.05) is 48.3 Å². The Bertz CT molecular complexity index is 1440. The molecule has 16 heteroatoms. The van der Waals surface area contributed by atoms with Crippen molar-refractivity contribution >= 4 is 46.5 Å². The first-order valence-corrected chi connectivity index (χ1v) is 12.8. The minimum atomic E-state index is -1.52. The van der Waals surface area contributed by atoms with Crippen molar-refractivity contribution in [1.29, 1.82) is 0 Å². The van der Waals surface area contributed by atoms with Crippen molar-refractivity contribution < 1.29 is 44.1 Å². The second-order valence-electron chi connectivity index (χ2n) is 9.50. The van der Waals surface area contributed by atoms with Crippen LogP contribution in [0.4, 0.5) is 0 Å². The van der Waals surface area contributed by atoms with Crippen molar-refractivity contribution in [2.24, 2.45) is 5.73 Å². The summed E-state index contributed by atoms with van der Waals surface area (Å²) in [6.07, 6.45) is 2.47. The van der Waals surface area contributed by atoms with E-state index in [0.29, 0.717) is 11.3 Å². The standard InChI is InChI=1S/C26H31N7O9/c27-16(9-22(36)37)23(38)31-18(5-6-21(34)35)24(39)32-19(7-13-10-29-17-4-2-1-3-15(13)17)25(40)33-20(26(41)42)8-14-11-28-12-30-14/h1-4,10-12,16,18-20,29H,5-9,27H2,(H,28,30)(H,31,38)(H,32,39)(H,33,40)(H,34,35)(H,36,37)(H,41,42). The molecule has 3 amide bonds. The Hall–Kier alpha value is -5.25. The average Bonchev–Trinajstić information content (AvgIpc) is 3.59. The van der Waals surface area contributed by atoms with Crippen LogP contribution >= 0.6 is 0 Å². The van der Waals surface area contributed by atoms with Crippen LogP contribution in [0, 0.1) is 0 Å². The average molecular weight is 586 g/mol. The summed E-state index contributed by atoms with van der Waals surface area (Å²) < 4.78 is 0. The van der Waals surface area contributed by atoms with E-state index in [1.165, 1.54) is 12.5 Å². The summed E-state index contributed by atoms with van der Waals surface area (Å²) in [5, 5.41) is 35.6. The lowest BCUT2D eigenvalue weighted by Gasteiger charge is -2.25. The number of para-hydroxylation sites is 1. The molecular formula is C26H31N7O9. The quantitative estimate of drug-likeness (QED) is 0.0971. The number of nitrogens with two attached hydrogens (primary N) is 1. The number of aliphatic carboxylic acids is 3. The fourth-order valence-electron chi connectivity index (χ4n) is 4.19. The third-order valence-electron chi connectivity index (χ3n) is 6.34. The van der Waals surface area contributed by atoms with Gasteiger partial charge in [-0.1, -0.05) is 18.2 Å². The number of aromatic amines is 2. The van der Waals surface area contributed by atoms with Crippen molar-refractivity contribution in [2.45, 2.75) is 56.3 Å². The molecule has 2 aromatic heterocycles. The fraction of sp³-hybridized carbons (Fsp3) is 0.346. The number of rotatable bonds is 16. The summed E-state index contributed by atoms with van der Waals surface area (Å²) >= 11 is 0. The Morgan fingerprint density at radius 2 is 1.50 bits per heavy atom. The minimum absolute atomic E-state index is 0.101. The third-order valence-corrected chi connectivity index (χ3v) is 6.34. The predicted octanol–water partition coefficient (Wildman–Crippen LogP) is -1.12. The molecule has 0 aliphatic rings. The molecule has 42 heavy (non-hydrogen) atoms. The Morgan fingerprint density at radius 3 is 2.14 bits per heavy atom. The van der Waals surface area contributed by atoms with Gasteiger partial charge in [-0.05, 0) is 18.1 Å². The van der Waals surface area contributed by atoms with Crippen molar-refractivity contribution in [2.75, 3.05) is 0 Å². The number of carboxylic acid groups (broad SMARTS) is 3. The van der Waals surface area contributed by atoms with Gasteiger partial charge < -0.3 is 47.0 Å². The summed E-state index contributed by atoms with van der Waals surface area (Å²) in [5.74, 6) is -6.78. The molecule has 0 radical (unpaired) electrons. The molecule has 0 bridgehead atoms. The SMILES string of the molecule is NC(CC(=O)O)C(=O)NC(CCC(=O)O)C(=O)NC(Cc1c[nH]c2ccccc12)C(=O)NC(Cc1cnc[nH]1)C(=O)O. The maximum Gasteiger partial charge on any atom is 0.326 e. The first-order valence-electron chi connectivity index (χ1n) is 12.8. The van der Waals surface area contributed by atoms with Crippen molar-refractivity contribution in [3.8, 4) is 0 Å². The van der Waals surface area contributed by atoms with Gasteiger partial charge in [0.25, 0.3) is 0 Å². The Kier molecular flexibility index (Phi) is 10.7. The molecule has 2 heterocycles. The zero-order valence-corrected chi connectivity index (χ0v) is 22.2. The van der Waals surface area contributed by atoms with Gasteiger partial charge in [-0.25, -0.2) is 9.78 Å². The van der Waals surface area contributed by atoms with Crippen LogP contribution in [-0.4, -0.2) is 90.1 Å². The largest absolute Gasteiger partial charge is 0.481 e. The van der Waals surface area contributed by atoms with Gasteiger partial charge in [-0.2, -0.15) is 0 Å². The molecule has 0 aliphatic heterocycles. The number of benzene rings is 1. The second-order valence-corrected chi connectivity index (χ2v) is 9.50. The Morgan fingerprint density at radius 1 is 0.833 bits per heavy atom. The maximum absolute atomic E-state index is 13.4. The molecule has 0 saturated heterocycles. The maximum atomic E-state index is 13.4. The normalized spacial score (nSPS) is 13.8. The number of carbonyl (C=O) groups is 6. The van der Waals surface area contributed by atoms with E-state index in [9.17, 15) is 33.9 Å². The van der Waals surface area contributed by atoms with Gasteiger partial charge >= 0.3 is 17.9 Å². The van der Waals surface area contributed by atoms with E-state index in [0.717, 1.165) is 10.9 Å². The summed E-state index contributed by atoms with van der Waals surface area (Å²) in [5.41, 5.74) is 7.38. The number of amides is 3. The van der Waals surface area contributed by atoms with Crippen molar-refractivity contribution in [3.63, 3.8) is 0 Å². The topological polar surface area (TPSA) is 270 Å². The second kappa shape index (κ2) is 14.4. The van der Waals surface area contributed by atoms with Crippen LogP contribution in [0.1, 0.15) is 30.5 Å². The van der Waals surface area contributed by atoms with E-state index in [-0.39, 0.29) is 12.8 Å². The number of hydrogen-bond acceptors (Lipinski definition) is 8. The minimum Gasteiger partial charge on any atom is -0.481 e. The molecule has 4 unspecified atom stereocenters. The van der Waals surface area contributed by atoms with E-state index in [1.54, 1.807) is 30.5 Å². The van der Waals surface area contributed by atoms with Crippen molar-refractivity contribution in [1.82, 2.24) is 30.9 Å². The van der Waals surface area contributed by atoms with Crippen LogP contribution in [0.3, 0.4) is 0 Å². The lowest BCUT2D eigenvalue weighted by Crippen LogP contribution is -2.58. The molecule has 0 saturated carbocycles.